The van der Waals surface area contributed by atoms with Gasteiger partial charge in [0.1, 0.15) is 5.75 Å². The quantitative estimate of drug-likeness (QED) is 0.857. The topological polar surface area (TPSA) is 59.3 Å². The maximum Gasteiger partial charge on any atom is 0.124 e. The average molecular weight is 289 g/mol. The van der Waals surface area contributed by atoms with Gasteiger partial charge in [-0.2, -0.15) is 5.10 Å². The van der Waals surface area contributed by atoms with Crippen LogP contribution in [0.15, 0.2) is 30.6 Å². The molecule has 0 spiro atoms. The van der Waals surface area contributed by atoms with Gasteiger partial charge in [-0.05, 0) is 39.0 Å². The number of hydrogen-bond acceptors (Lipinski definition) is 4. The van der Waals surface area contributed by atoms with Crippen molar-refractivity contribution in [2.45, 2.75) is 39.5 Å². The molecule has 0 saturated heterocycles. The van der Waals surface area contributed by atoms with Gasteiger partial charge >= 0.3 is 0 Å². The molecule has 0 radical (unpaired) electrons. The highest BCUT2D eigenvalue weighted by molar-refractivity contribution is 5.52. The fourth-order valence-corrected chi connectivity index (χ4v) is 2.18. The number of aliphatic hydroxyl groups is 1. The number of ether oxygens (including phenoxy) is 1. The minimum absolute atomic E-state index is 0.0433. The maximum atomic E-state index is 9.37. The van der Waals surface area contributed by atoms with Crippen molar-refractivity contribution in [2.75, 3.05) is 12.4 Å². The van der Waals surface area contributed by atoms with Gasteiger partial charge in [0.15, 0.2) is 0 Å². The van der Waals surface area contributed by atoms with Crippen LogP contribution >= 0.6 is 0 Å². The van der Waals surface area contributed by atoms with Crippen molar-refractivity contribution in [1.29, 1.82) is 0 Å². The number of hydrogen-bond donors (Lipinski definition) is 2. The first-order valence-corrected chi connectivity index (χ1v) is 7.13. The van der Waals surface area contributed by atoms with Crippen molar-refractivity contribution in [3.05, 3.63) is 41.7 Å². The Balaban J connectivity index is 2.13. The van der Waals surface area contributed by atoms with Crippen LogP contribution in [0.4, 0.5) is 5.69 Å². The van der Waals surface area contributed by atoms with Gasteiger partial charge in [-0.25, -0.2) is 0 Å². The molecule has 1 unspecified atom stereocenters. The molecule has 1 aromatic heterocycles. The van der Waals surface area contributed by atoms with Crippen LogP contribution in [0, 0.1) is 0 Å². The summed E-state index contributed by atoms with van der Waals surface area (Å²) in [6.07, 6.45) is 3.94. The number of aliphatic hydroxyl groups excluding tert-OH is 1. The number of benzene rings is 1. The van der Waals surface area contributed by atoms with E-state index in [0.717, 1.165) is 16.8 Å². The van der Waals surface area contributed by atoms with E-state index < -0.39 is 0 Å². The van der Waals surface area contributed by atoms with Crippen molar-refractivity contribution in [3.63, 3.8) is 0 Å². The third-order valence-corrected chi connectivity index (χ3v) is 3.48. The van der Waals surface area contributed by atoms with Crippen LogP contribution in [-0.4, -0.2) is 22.0 Å². The van der Waals surface area contributed by atoms with Gasteiger partial charge in [-0.15, -0.1) is 0 Å². The predicted molar refractivity (Wildman–Crippen MR) is 83.6 cm³/mol. The smallest absolute Gasteiger partial charge is 0.124 e. The van der Waals surface area contributed by atoms with Crippen molar-refractivity contribution < 1.29 is 9.84 Å². The lowest BCUT2D eigenvalue weighted by Gasteiger charge is -2.16. The van der Waals surface area contributed by atoms with Crippen LogP contribution in [0.1, 0.15) is 44.0 Å². The first-order valence-electron chi connectivity index (χ1n) is 7.13. The summed E-state index contributed by atoms with van der Waals surface area (Å²) >= 11 is 0. The molecule has 1 heterocycles. The van der Waals surface area contributed by atoms with E-state index in [9.17, 15) is 5.11 Å². The fraction of sp³-hybridized carbons (Fsp3) is 0.438. The van der Waals surface area contributed by atoms with E-state index in [1.165, 1.54) is 0 Å². The average Bonchev–Trinajstić information content (AvgIpc) is 2.97. The third-order valence-electron chi connectivity index (χ3n) is 3.48. The molecule has 114 valence electrons. The zero-order chi connectivity index (χ0) is 15.4. The van der Waals surface area contributed by atoms with Crippen LogP contribution < -0.4 is 10.1 Å². The summed E-state index contributed by atoms with van der Waals surface area (Å²) in [7, 11) is 1.60. The molecular formula is C16H23N3O2. The Morgan fingerprint density at radius 3 is 2.67 bits per heavy atom. The number of aromatic nitrogens is 2. The number of methoxy groups -OCH3 is 1. The van der Waals surface area contributed by atoms with Crippen LogP contribution in [-0.2, 0) is 6.61 Å². The molecule has 0 aliphatic carbocycles. The monoisotopic (exact) mass is 289 g/mol. The number of rotatable bonds is 6. The molecule has 0 amide bonds. The molecule has 0 aliphatic rings. The van der Waals surface area contributed by atoms with Gasteiger partial charge in [0.2, 0.25) is 0 Å². The Morgan fingerprint density at radius 1 is 1.33 bits per heavy atom. The molecule has 1 atom stereocenters. The summed E-state index contributed by atoms with van der Waals surface area (Å²) in [6.45, 7) is 6.25. The summed E-state index contributed by atoms with van der Waals surface area (Å²) in [4.78, 5) is 0. The molecule has 1 aromatic carbocycles. The zero-order valence-electron chi connectivity index (χ0n) is 13.0. The molecular weight excluding hydrogens is 266 g/mol. The highest BCUT2D eigenvalue weighted by Gasteiger charge is 2.11. The zero-order valence-corrected chi connectivity index (χ0v) is 13.0. The maximum absolute atomic E-state index is 9.37. The van der Waals surface area contributed by atoms with Gasteiger partial charge in [0.05, 0.1) is 26.0 Å². The van der Waals surface area contributed by atoms with Crippen LogP contribution in [0.5, 0.6) is 5.75 Å². The molecule has 0 aliphatic heterocycles. The summed E-state index contributed by atoms with van der Waals surface area (Å²) in [5.41, 5.74) is 2.85. The second-order valence-electron chi connectivity index (χ2n) is 5.40. The van der Waals surface area contributed by atoms with Gasteiger partial charge in [0.25, 0.3) is 0 Å². The molecule has 2 rings (SSSR count). The van der Waals surface area contributed by atoms with E-state index in [0.29, 0.717) is 11.8 Å². The minimum atomic E-state index is -0.0433. The molecule has 0 bridgehead atoms. The van der Waals surface area contributed by atoms with Gasteiger partial charge < -0.3 is 15.2 Å². The summed E-state index contributed by atoms with van der Waals surface area (Å²) in [6, 6.07) is 6.20. The first kappa shape index (κ1) is 15.4. The van der Waals surface area contributed by atoms with Crippen LogP contribution in [0.25, 0.3) is 0 Å². The Hall–Kier alpha value is -2.01. The molecule has 0 fully saturated rings. The number of nitrogens with zero attached hydrogens (tertiary/aromatic N) is 2. The van der Waals surface area contributed by atoms with E-state index in [1.807, 2.05) is 29.1 Å². The lowest BCUT2D eigenvalue weighted by Crippen LogP contribution is -2.07. The third kappa shape index (κ3) is 3.55. The summed E-state index contributed by atoms with van der Waals surface area (Å²) < 4.78 is 7.15. The Morgan fingerprint density at radius 2 is 2.10 bits per heavy atom. The largest absolute Gasteiger partial charge is 0.496 e. The summed E-state index contributed by atoms with van der Waals surface area (Å²) in [5, 5.41) is 17.1. The summed E-state index contributed by atoms with van der Waals surface area (Å²) in [5.74, 6) is 0.698. The van der Waals surface area contributed by atoms with Crippen molar-refractivity contribution >= 4 is 5.69 Å². The van der Waals surface area contributed by atoms with Gasteiger partial charge in [-0.3, -0.25) is 4.68 Å². The first-order chi connectivity index (χ1) is 10.0. The Bertz CT molecular complexity index is 593. The fourth-order valence-electron chi connectivity index (χ4n) is 2.18. The lowest BCUT2D eigenvalue weighted by atomic mass is 10.1. The van der Waals surface area contributed by atoms with Crippen molar-refractivity contribution in [3.8, 4) is 5.75 Å². The molecule has 21 heavy (non-hydrogen) atoms. The number of nitrogens with one attached hydrogen (secondary N) is 1. The molecule has 5 nitrogen and oxygen atoms in total. The Labute approximate surface area is 125 Å². The molecule has 5 heteroatoms. The normalized spacial score (nSPS) is 12.5. The van der Waals surface area contributed by atoms with E-state index in [2.05, 4.69) is 37.4 Å². The number of anilines is 1. The van der Waals surface area contributed by atoms with Gasteiger partial charge in [-0.1, -0.05) is 0 Å². The van der Waals surface area contributed by atoms with Gasteiger partial charge in [0, 0.05) is 29.1 Å². The van der Waals surface area contributed by atoms with Crippen LogP contribution in [0.2, 0.25) is 0 Å². The molecule has 0 saturated carbocycles. The second-order valence-corrected chi connectivity index (χ2v) is 5.40. The van der Waals surface area contributed by atoms with Crippen molar-refractivity contribution in [1.82, 2.24) is 9.78 Å². The molecule has 2 aromatic rings. The SMILES string of the molecule is COc1ccc(NC(C)c2cnn(C(C)C)c2)cc1CO. The van der Waals surface area contributed by atoms with E-state index in [1.54, 1.807) is 7.11 Å². The predicted octanol–water partition coefficient (Wildman–Crippen LogP) is 3.14. The van der Waals surface area contributed by atoms with E-state index in [4.69, 9.17) is 4.74 Å². The highest BCUT2D eigenvalue weighted by Crippen LogP contribution is 2.25. The second kappa shape index (κ2) is 6.63. The van der Waals surface area contributed by atoms with Crippen LogP contribution in [0.3, 0.4) is 0 Å². The van der Waals surface area contributed by atoms with Crippen molar-refractivity contribution in [2.24, 2.45) is 0 Å². The minimum Gasteiger partial charge on any atom is -0.496 e. The molecule has 2 N–H and O–H groups in total. The van der Waals surface area contributed by atoms with E-state index >= 15 is 0 Å². The standard InChI is InChI=1S/C16H23N3O2/c1-11(2)19-9-14(8-17-19)12(3)18-15-5-6-16(21-4)13(7-15)10-20/h5-9,11-12,18,20H,10H2,1-4H3. The van der Waals surface area contributed by atoms with E-state index in [-0.39, 0.29) is 12.6 Å². The Kier molecular flexibility index (Phi) is 4.85. The highest BCUT2D eigenvalue weighted by atomic mass is 16.5. The lowest BCUT2D eigenvalue weighted by molar-refractivity contribution is 0.274.